The average Bonchev–Trinajstić information content (AvgIpc) is 2.99. The van der Waals surface area contributed by atoms with E-state index >= 15 is 0 Å². The van der Waals surface area contributed by atoms with Crippen molar-refractivity contribution in [2.24, 2.45) is 5.92 Å². The maximum absolute atomic E-state index is 12.5. The molecule has 0 radical (unpaired) electrons. The van der Waals surface area contributed by atoms with Crippen molar-refractivity contribution < 1.29 is 19.1 Å². The molecule has 5 nitrogen and oxygen atoms in total. The van der Waals surface area contributed by atoms with E-state index in [4.69, 9.17) is 9.47 Å². The predicted octanol–water partition coefficient (Wildman–Crippen LogP) is 3.26. The third kappa shape index (κ3) is 3.92. The van der Waals surface area contributed by atoms with Gasteiger partial charge in [-0.05, 0) is 55.2 Å². The van der Waals surface area contributed by atoms with Gasteiger partial charge in [0.05, 0.1) is 13.7 Å². The van der Waals surface area contributed by atoms with Gasteiger partial charge in [0.15, 0.2) is 0 Å². The van der Waals surface area contributed by atoms with Crippen LogP contribution in [0.15, 0.2) is 30.0 Å². The highest BCUT2D eigenvalue weighted by atomic mass is 16.5. The second-order valence-electron chi connectivity index (χ2n) is 7.45. The topological polar surface area (TPSA) is 55.8 Å². The number of ether oxygens (including phenoxy) is 2. The van der Waals surface area contributed by atoms with Gasteiger partial charge in [-0.2, -0.15) is 0 Å². The van der Waals surface area contributed by atoms with Gasteiger partial charge in [-0.1, -0.05) is 26.0 Å². The largest absolute Gasteiger partial charge is 0.467 e. The van der Waals surface area contributed by atoms with Crippen LogP contribution in [0.2, 0.25) is 0 Å². The Kier molecular flexibility index (Phi) is 5.64. The lowest BCUT2D eigenvalue weighted by atomic mass is 9.91. The average molecular weight is 357 g/mol. The number of aryl methyl sites for hydroxylation is 1. The van der Waals surface area contributed by atoms with E-state index in [9.17, 15) is 9.59 Å². The smallest absolute Gasteiger partial charge is 0.328 e. The second kappa shape index (κ2) is 7.94. The van der Waals surface area contributed by atoms with Crippen LogP contribution >= 0.6 is 0 Å². The Bertz CT molecular complexity index is 723. The summed E-state index contributed by atoms with van der Waals surface area (Å²) >= 11 is 0. The summed E-state index contributed by atoms with van der Waals surface area (Å²) in [6.07, 6.45) is 6.53. The minimum absolute atomic E-state index is 0.194. The molecule has 1 aromatic rings. The monoisotopic (exact) mass is 357 g/mol. The van der Waals surface area contributed by atoms with Crippen molar-refractivity contribution in [3.63, 3.8) is 0 Å². The molecule has 1 heterocycles. The molecule has 140 valence electrons. The summed E-state index contributed by atoms with van der Waals surface area (Å²) in [5.74, 6) is 1.13. The van der Waals surface area contributed by atoms with Gasteiger partial charge in [0.1, 0.15) is 17.6 Å². The lowest BCUT2D eigenvalue weighted by molar-refractivity contribution is -0.151. The molecule has 1 aliphatic heterocycles. The molecule has 0 fully saturated rings. The van der Waals surface area contributed by atoms with E-state index in [-0.39, 0.29) is 17.8 Å². The fourth-order valence-electron chi connectivity index (χ4n) is 3.75. The molecule has 0 spiro atoms. The quantitative estimate of drug-likeness (QED) is 0.734. The van der Waals surface area contributed by atoms with Crippen molar-refractivity contribution in [2.75, 3.05) is 13.7 Å². The molecule has 3 rings (SSSR count). The molecule has 0 saturated heterocycles. The van der Waals surface area contributed by atoms with Crippen LogP contribution in [0.25, 0.3) is 0 Å². The summed E-state index contributed by atoms with van der Waals surface area (Å²) in [4.78, 5) is 26.2. The van der Waals surface area contributed by atoms with Crippen LogP contribution in [0.3, 0.4) is 0 Å². The maximum atomic E-state index is 12.5. The molecule has 1 atom stereocenters. The minimum Gasteiger partial charge on any atom is -0.467 e. The van der Waals surface area contributed by atoms with Crippen molar-refractivity contribution in [3.05, 3.63) is 41.2 Å². The molecule has 0 bridgehead atoms. The molecular formula is C21H27NO4. The van der Waals surface area contributed by atoms with Crippen molar-refractivity contribution in [2.45, 2.75) is 52.0 Å². The van der Waals surface area contributed by atoms with Crippen molar-refractivity contribution in [1.29, 1.82) is 0 Å². The Morgan fingerprint density at radius 1 is 1.23 bits per heavy atom. The van der Waals surface area contributed by atoms with Crippen molar-refractivity contribution in [3.8, 4) is 5.75 Å². The molecule has 26 heavy (non-hydrogen) atoms. The van der Waals surface area contributed by atoms with E-state index in [2.05, 4.69) is 6.07 Å². The van der Waals surface area contributed by atoms with E-state index in [0.717, 1.165) is 25.0 Å². The highest BCUT2D eigenvalue weighted by molar-refractivity contribution is 5.94. The van der Waals surface area contributed by atoms with Gasteiger partial charge in [0.2, 0.25) is 0 Å². The third-order valence-corrected chi connectivity index (χ3v) is 5.03. The first-order valence-corrected chi connectivity index (χ1v) is 9.37. The highest BCUT2D eigenvalue weighted by Crippen LogP contribution is 2.32. The van der Waals surface area contributed by atoms with Crippen LogP contribution in [0.1, 0.15) is 44.2 Å². The summed E-state index contributed by atoms with van der Waals surface area (Å²) in [6.45, 7) is 4.35. The number of esters is 1. The zero-order valence-electron chi connectivity index (χ0n) is 15.8. The van der Waals surface area contributed by atoms with Crippen LogP contribution in [0.5, 0.6) is 5.75 Å². The number of carbonyl (C=O) groups is 2. The van der Waals surface area contributed by atoms with Gasteiger partial charge in [-0.25, -0.2) is 4.79 Å². The lowest BCUT2D eigenvalue weighted by Gasteiger charge is -2.27. The maximum Gasteiger partial charge on any atom is 0.328 e. The Balaban J connectivity index is 1.75. The molecule has 1 unspecified atom stereocenters. The van der Waals surface area contributed by atoms with Crippen LogP contribution in [-0.4, -0.2) is 36.5 Å². The van der Waals surface area contributed by atoms with Gasteiger partial charge in [0.25, 0.3) is 5.91 Å². The van der Waals surface area contributed by atoms with E-state index < -0.39 is 6.04 Å². The Morgan fingerprint density at radius 3 is 2.73 bits per heavy atom. The van der Waals surface area contributed by atoms with E-state index in [1.165, 1.54) is 30.7 Å². The molecular weight excluding hydrogens is 330 g/mol. The number of nitrogens with zero attached hydrogens (tertiary/aromatic N) is 1. The molecule has 1 aliphatic carbocycles. The first-order valence-electron chi connectivity index (χ1n) is 9.37. The summed E-state index contributed by atoms with van der Waals surface area (Å²) in [6, 6.07) is 5.54. The molecule has 1 aromatic carbocycles. The number of hydrogen-bond donors (Lipinski definition) is 0. The van der Waals surface area contributed by atoms with Gasteiger partial charge in [-0.3, -0.25) is 4.79 Å². The number of fused-ring (bicyclic) bond motifs is 1. The van der Waals surface area contributed by atoms with E-state index in [1.807, 2.05) is 26.0 Å². The summed E-state index contributed by atoms with van der Waals surface area (Å²) < 4.78 is 11.0. The Labute approximate surface area is 155 Å². The van der Waals surface area contributed by atoms with Gasteiger partial charge >= 0.3 is 5.97 Å². The first-order chi connectivity index (χ1) is 12.5. The van der Waals surface area contributed by atoms with E-state index in [0.29, 0.717) is 18.7 Å². The summed E-state index contributed by atoms with van der Waals surface area (Å²) in [7, 11) is 1.36. The number of rotatable bonds is 6. The van der Waals surface area contributed by atoms with Gasteiger partial charge in [-0.15, -0.1) is 0 Å². The molecule has 1 amide bonds. The fourth-order valence-corrected chi connectivity index (χ4v) is 3.75. The normalized spacial score (nSPS) is 17.8. The number of methoxy groups -OCH3 is 1. The Morgan fingerprint density at radius 2 is 2.00 bits per heavy atom. The van der Waals surface area contributed by atoms with Crippen molar-refractivity contribution in [1.82, 2.24) is 4.90 Å². The third-order valence-electron chi connectivity index (χ3n) is 5.03. The highest BCUT2D eigenvalue weighted by Gasteiger charge is 2.35. The minimum atomic E-state index is -0.575. The van der Waals surface area contributed by atoms with Crippen LogP contribution in [0.4, 0.5) is 0 Å². The number of hydrogen-bond acceptors (Lipinski definition) is 4. The molecule has 2 aliphatic rings. The summed E-state index contributed by atoms with van der Waals surface area (Å²) in [5.41, 5.74) is 2.58. The lowest BCUT2D eigenvalue weighted by Crippen LogP contribution is -2.44. The molecule has 0 N–H and O–H groups in total. The zero-order valence-corrected chi connectivity index (χ0v) is 15.8. The number of amides is 1. The number of carbonyl (C=O) groups excluding carboxylic acids is 2. The zero-order chi connectivity index (χ0) is 18.7. The molecule has 0 saturated carbocycles. The fraction of sp³-hybridized carbons (Fsp3) is 0.524. The van der Waals surface area contributed by atoms with E-state index in [1.54, 1.807) is 4.90 Å². The van der Waals surface area contributed by atoms with Crippen molar-refractivity contribution >= 4 is 11.9 Å². The first kappa shape index (κ1) is 18.5. The van der Waals surface area contributed by atoms with Gasteiger partial charge < -0.3 is 14.4 Å². The SMILES string of the molecule is COC(=O)C(CC(C)C)N1CC(Oc2cccc3c2CCCC3)=CC1=O. The molecule has 0 aromatic heterocycles. The van der Waals surface area contributed by atoms with Crippen LogP contribution < -0.4 is 4.74 Å². The van der Waals surface area contributed by atoms with Gasteiger partial charge in [0, 0.05) is 6.08 Å². The standard InChI is InChI=1S/C21H27NO4/c1-14(2)11-18(21(24)25-3)22-13-16(12-20(22)23)26-19-10-6-8-15-7-4-5-9-17(15)19/h6,8,10,12,14,18H,4-5,7,9,11,13H2,1-3H3. The Hall–Kier alpha value is -2.30. The van der Waals surface area contributed by atoms with Crippen LogP contribution in [-0.2, 0) is 27.2 Å². The van der Waals surface area contributed by atoms with Crippen LogP contribution in [0, 0.1) is 5.92 Å². The second-order valence-corrected chi connectivity index (χ2v) is 7.45. The predicted molar refractivity (Wildman–Crippen MR) is 98.8 cm³/mol. The number of benzene rings is 1. The molecule has 5 heteroatoms. The summed E-state index contributed by atoms with van der Waals surface area (Å²) in [5, 5.41) is 0.